The maximum absolute atomic E-state index is 10.5. The zero-order valence-electron chi connectivity index (χ0n) is 6.97. The summed E-state index contributed by atoms with van der Waals surface area (Å²) in [7, 11) is 0. The predicted octanol–water partition coefficient (Wildman–Crippen LogP) is 3.85. The fourth-order valence-electron chi connectivity index (χ4n) is 0.581. The van der Waals surface area contributed by atoms with Gasteiger partial charge in [-0.05, 0) is 35.9 Å². The van der Waals surface area contributed by atoms with E-state index in [2.05, 4.69) is 15.9 Å². The zero-order valence-corrected chi connectivity index (χ0v) is 9.32. The Morgan fingerprint density at radius 1 is 1.25 bits per heavy atom. The molecule has 1 nitrogen and oxygen atoms in total. The first-order valence-corrected chi connectivity index (χ1v) is 4.82. The van der Waals surface area contributed by atoms with E-state index >= 15 is 0 Å². The Morgan fingerprint density at radius 3 is 2.00 bits per heavy atom. The molecule has 0 fully saturated rings. The van der Waals surface area contributed by atoms with Gasteiger partial charge in [-0.1, -0.05) is 29.8 Å². The molecule has 0 N–H and O–H groups in total. The molecule has 0 aromatic heterocycles. The van der Waals surface area contributed by atoms with Crippen molar-refractivity contribution in [2.45, 2.75) is 13.8 Å². The third kappa shape index (κ3) is 3.88. The van der Waals surface area contributed by atoms with Gasteiger partial charge in [0, 0.05) is 10.0 Å². The SMILES string of the molecule is CC.O=C(Cl)c1ccc(Br)cc1. The lowest BCUT2D eigenvalue weighted by Crippen LogP contribution is -1.85. The van der Waals surface area contributed by atoms with Crippen LogP contribution < -0.4 is 0 Å². The lowest BCUT2D eigenvalue weighted by atomic mass is 10.2. The van der Waals surface area contributed by atoms with Gasteiger partial charge in [0.15, 0.2) is 0 Å². The highest BCUT2D eigenvalue weighted by Crippen LogP contribution is 2.11. The maximum Gasteiger partial charge on any atom is 0.252 e. The maximum atomic E-state index is 10.5. The van der Waals surface area contributed by atoms with Crippen molar-refractivity contribution in [3.63, 3.8) is 0 Å². The van der Waals surface area contributed by atoms with E-state index in [-0.39, 0.29) is 0 Å². The van der Waals surface area contributed by atoms with E-state index in [1.54, 1.807) is 24.3 Å². The predicted molar refractivity (Wildman–Crippen MR) is 55.7 cm³/mol. The average molecular weight is 250 g/mol. The number of rotatable bonds is 1. The van der Waals surface area contributed by atoms with Crippen LogP contribution in [0.15, 0.2) is 28.7 Å². The Bertz CT molecular complexity index is 243. The molecule has 0 saturated heterocycles. The summed E-state index contributed by atoms with van der Waals surface area (Å²) in [6.45, 7) is 4.00. The van der Waals surface area contributed by atoms with Gasteiger partial charge in [-0.3, -0.25) is 4.79 Å². The smallest absolute Gasteiger partial charge is 0.252 e. The molecular weight excluding hydrogens is 239 g/mol. The van der Waals surface area contributed by atoms with Crippen molar-refractivity contribution in [3.8, 4) is 0 Å². The van der Waals surface area contributed by atoms with Crippen LogP contribution in [0.3, 0.4) is 0 Å². The summed E-state index contributed by atoms with van der Waals surface area (Å²) in [5.74, 6) is 0. The number of hydrogen-bond acceptors (Lipinski definition) is 1. The molecule has 1 rings (SSSR count). The molecule has 0 aliphatic carbocycles. The molecule has 0 atom stereocenters. The van der Waals surface area contributed by atoms with Crippen LogP contribution in [0.1, 0.15) is 24.2 Å². The minimum absolute atomic E-state index is 0.424. The summed E-state index contributed by atoms with van der Waals surface area (Å²) in [5.41, 5.74) is 0.518. The zero-order chi connectivity index (χ0) is 9.56. The molecule has 0 saturated carbocycles. The van der Waals surface area contributed by atoms with Gasteiger partial charge in [0.2, 0.25) is 0 Å². The minimum Gasteiger partial charge on any atom is -0.276 e. The van der Waals surface area contributed by atoms with E-state index in [0.717, 1.165) is 4.47 Å². The topological polar surface area (TPSA) is 17.1 Å². The van der Waals surface area contributed by atoms with Crippen LogP contribution in [0.2, 0.25) is 0 Å². The Morgan fingerprint density at radius 2 is 1.67 bits per heavy atom. The Hall–Kier alpha value is -0.340. The van der Waals surface area contributed by atoms with Crippen molar-refractivity contribution < 1.29 is 4.79 Å². The van der Waals surface area contributed by atoms with Crippen molar-refractivity contribution in [1.29, 1.82) is 0 Å². The molecule has 0 radical (unpaired) electrons. The summed E-state index contributed by atoms with van der Waals surface area (Å²) < 4.78 is 0.939. The second-order valence-corrected chi connectivity index (χ2v) is 3.04. The van der Waals surface area contributed by atoms with Crippen LogP contribution in [0.5, 0.6) is 0 Å². The van der Waals surface area contributed by atoms with Gasteiger partial charge in [0.25, 0.3) is 5.24 Å². The molecule has 0 bridgehead atoms. The number of carbonyl (C=O) groups excluding carboxylic acids is 1. The van der Waals surface area contributed by atoms with Crippen LogP contribution in [0.4, 0.5) is 0 Å². The molecule has 12 heavy (non-hydrogen) atoms. The van der Waals surface area contributed by atoms with Crippen LogP contribution >= 0.6 is 27.5 Å². The molecule has 0 aliphatic rings. The summed E-state index contributed by atoms with van der Waals surface area (Å²) >= 11 is 8.44. The Kier molecular flexibility index (Phi) is 6.03. The van der Waals surface area contributed by atoms with Crippen molar-refractivity contribution in [1.82, 2.24) is 0 Å². The van der Waals surface area contributed by atoms with Gasteiger partial charge in [-0.2, -0.15) is 0 Å². The largest absolute Gasteiger partial charge is 0.276 e. The third-order valence-electron chi connectivity index (χ3n) is 1.07. The summed E-state index contributed by atoms with van der Waals surface area (Å²) in [5, 5.41) is -0.424. The highest BCUT2D eigenvalue weighted by molar-refractivity contribution is 9.10. The molecule has 66 valence electrons. The highest BCUT2D eigenvalue weighted by atomic mass is 79.9. The molecule has 0 unspecified atom stereocenters. The molecule has 0 amide bonds. The van der Waals surface area contributed by atoms with Gasteiger partial charge in [0.05, 0.1) is 0 Å². The van der Waals surface area contributed by atoms with E-state index in [1.165, 1.54) is 0 Å². The van der Waals surface area contributed by atoms with Gasteiger partial charge in [0.1, 0.15) is 0 Å². The first-order chi connectivity index (χ1) is 5.70. The van der Waals surface area contributed by atoms with Crippen LogP contribution in [0.25, 0.3) is 0 Å². The van der Waals surface area contributed by atoms with Crippen LogP contribution in [0, 0.1) is 0 Å². The van der Waals surface area contributed by atoms with Crippen molar-refractivity contribution in [2.75, 3.05) is 0 Å². The molecule has 1 aromatic carbocycles. The summed E-state index contributed by atoms with van der Waals surface area (Å²) in [6, 6.07) is 6.88. The monoisotopic (exact) mass is 248 g/mol. The van der Waals surface area contributed by atoms with Crippen molar-refractivity contribution in [3.05, 3.63) is 34.3 Å². The van der Waals surface area contributed by atoms with E-state index in [4.69, 9.17) is 11.6 Å². The molecule has 0 aliphatic heterocycles. The van der Waals surface area contributed by atoms with Gasteiger partial charge >= 0.3 is 0 Å². The molecule has 0 heterocycles. The highest BCUT2D eigenvalue weighted by Gasteiger charge is 1.98. The van der Waals surface area contributed by atoms with E-state index in [0.29, 0.717) is 5.56 Å². The van der Waals surface area contributed by atoms with Crippen LogP contribution in [-0.2, 0) is 0 Å². The number of hydrogen-bond donors (Lipinski definition) is 0. The normalized spacial score (nSPS) is 8.33. The lowest BCUT2D eigenvalue weighted by Gasteiger charge is -1.91. The Balaban J connectivity index is 0.000000561. The molecule has 0 spiro atoms. The fraction of sp³-hybridized carbons (Fsp3) is 0.222. The van der Waals surface area contributed by atoms with Crippen molar-refractivity contribution >= 4 is 32.8 Å². The molecule has 1 aromatic rings. The van der Waals surface area contributed by atoms with E-state index < -0.39 is 5.24 Å². The first-order valence-electron chi connectivity index (χ1n) is 3.65. The minimum atomic E-state index is -0.424. The van der Waals surface area contributed by atoms with Crippen LogP contribution in [-0.4, -0.2) is 5.24 Å². The Labute approximate surface area is 85.9 Å². The standard InChI is InChI=1S/C7H4BrClO.C2H6/c8-6-3-1-5(2-4-6)7(9)10;1-2/h1-4H;1-2H3. The van der Waals surface area contributed by atoms with Gasteiger partial charge in [-0.25, -0.2) is 0 Å². The summed E-state index contributed by atoms with van der Waals surface area (Å²) in [6.07, 6.45) is 0. The van der Waals surface area contributed by atoms with E-state index in [1.807, 2.05) is 13.8 Å². The number of benzene rings is 1. The van der Waals surface area contributed by atoms with Gasteiger partial charge in [-0.15, -0.1) is 0 Å². The second-order valence-electron chi connectivity index (χ2n) is 1.78. The van der Waals surface area contributed by atoms with Gasteiger partial charge < -0.3 is 0 Å². The van der Waals surface area contributed by atoms with Crippen molar-refractivity contribution in [2.24, 2.45) is 0 Å². The fourth-order valence-corrected chi connectivity index (χ4v) is 0.971. The number of carbonyl (C=O) groups is 1. The molecule has 3 heteroatoms. The van der Waals surface area contributed by atoms with E-state index in [9.17, 15) is 4.79 Å². The summed E-state index contributed by atoms with van der Waals surface area (Å²) in [4.78, 5) is 10.5. The first kappa shape index (κ1) is 11.7. The third-order valence-corrected chi connectivity index (χ3v) is 1.82. The number of halogens is 2. The lowest BCUT2D eigenvalue weighted by molar-refractivity contribution is 0.108. The molecular formula is C9H10BrClO. The average Bonchev–Trinajstić information content (AvgIpc) is 2.09. The quantitative estimate of drug-likeness (QED) is 0.691. The second kappa shape index (κ2) is 6.21.